The summed E-state index contributed by atoms with van der Waals surface area (Å²) in [6, 6.07) is 14.9. The van der Waals surface area contributed by atoms with Crippen molar-refractivity contribution in [2.75, 3.05) is 13.4 Å². The van der Waals surface area contributed by atoms with Gasteiger partial charge in [-0.1, -0.05) is 24.3 Å². The van der Waals surface area contributed by atoms with Gasteiger partial charge in [0.25, 0.3) is 0 Å². The monoisotopic (exact) mass is 322 g/mol. The summed E-state index contributed by atoms with van der Waals surface area (Å²) < 4.78 is 28.9. The van der Waals surface area contributed by atoms with Gasteiger partial charge < -0.3 is 4.74 Å². The maximum absolute atomic E-state index is 11.8. The van der Waals surface area contributed by atoms with E-state index < -0.39 is 9.84 Å². The van der Waals surface area contributed by atoms with Gasteiger partial charge in [-0.25, -0.2) is 8.42 Å². The Morgan fingerprint density at radius 2 is 1.81 bits per heavy atom. The molecule has 0 aliphatic heterocycles. The zero-order valence-electron chi connectivity index (χ0n) is 12.2. The summed E-state index contributed by atoms with van der Waals surface area (Å²) in [5, 5.41) is 0.128. The van der Waals surface area contributed by atoms with Crippen molar-refractivity contribution in [2.45, 2.75) is 22.0 Å². The lowest BCUT2D eigenvalue weighted by atomic mass is 10.1. The number of ether oxygens (including phenoxy) is 1. The van der Waals surface area contributed by atoms with Gasteiger partial charge in [-0.3, -0.25) is 0 Å². The fourth-order valence-corrected chi connectivity index (χ4v) is 4.37. The first-order valence-electron chi connectivity index (χ1n) is 6.51. The highest BCUT2D eigenvalue weighted by molar-refractivity contribution is 8.00. The molecule has 2 rings (SSSR count). The molecule has 0 heterocycles. The zero-order valence-corrected chi connectivity index (χ0v) is 13.9. The molecule has 0 N–H and O–H groups in total. The number of sulfone groups is 1. The van der Waals surface area contributed by atoms with Gasteiger partial charge in [0.15, 0.2) is 9.84 Å². The van der Waals surface area contributed by atoms with Crippen molar-refractivity contribution >= 4 is 21.6 Å². The van der Waals surface area contributed by atoms with Crippen LogP contribution in [0.5, 0.6) is 5.75 Å². The van der Waals surface area contributed by atoms with Gasteiger partial charge in [0.05, 0.1) is 12.0 Å². The molecule has 21 heavy (non-hydrogen) atoms. The summed E-state index contributed by atoms with van der Waals surface area (Å²) >= 11 is 1.53. The van der Waals surface area contributed by atoms with Crippen molar-refractivity contribution < 1.29 is 13.2 Å². The molecular formula is C16H18O3S2. The molecule has 0 saturated heterocycles. The van der Waals surface area contributed by atoms with Crippen LogP contribution in [0.15, 0.2) is 58.3 Å². The molecule has 0 saturated carbocycles. The molecule has 3 nitrogen and oxygen atoms in total. The first-order valence-corrected chi connectivity index (χ1v) is 9.28. The summed E-state index contributed by atoms with van der Waals surface area (Å²) in [6.45, 7) is 2.05. The van der Waals surface area contributed by atoms with Crippen LogP contribution in [0, 0.1) is 0 Å². The molecule has 0 aliphatic carbocycles. The first kappa shape index (κ1) is 15.9. The molecule has 0 amide bonds. The van der Waals surface area contributed by atoms with E-state index in [1.165, 1.54) is 18.0 Å². The second-order valence-corrected chi connectivity index (χ2v) is 8.12. The van der Waals surface area contributed by atoms with Crippen LogP contribution in [-0.4, -0.2) is 21.8 Å². The number of rotatable bonds is 5. The summed E-state index contributed by atoms with van der Waals surface area (Å²) in [5.74, 6) is 0.802. The zero-order chi connectivity index (χ0) is 15.5. The van der Waals surface area contributed by atoms with Crippen LogP contribution in [-0.2, 0) is 9.84 Å². The molecule has 0 radical (unpaired) electrons. The minimum absolute atomic E-state index is 0.128. The van der Waals surface area contributed by atoms with Crippen molar-refractivity contribution in [3.8, 4) is 5.75 Å². The predicted molar refractivity (Wildman–Crippen MR) is 86.8 cm³/mol. The molecule has 112 valence electrons. The van der Waals surface area contributed by atoms with Crippen molar-refractivity contribution in [1.82, 2.24) is 0 Å². The summed E-state index contributed by atoms with van der Waals surface area (Å²) in [6.07, 6.45) is 1.24. The second-order valence-electron chi connectivity index (χ2n) is 4.76. The molecule has 0 bridgehead atoms. The average Bonchev–Trinajstić information content (AvgIpc) is 2.46. The molecule has 1 atom stereocenters. The van der Waals surface area contributed by atoms with E-state index in [-0.39, 0.29) is 5.25 Å². The fraction of sp³-hybridized carbons (Fsp3) is 0.250. The average molecular weight is 322 g/mol. The van der Waals surface area contributed by atoms with Crippen LogP contribution in [0.1, 0.15) is 17.7 Å². The van der Waals surface area contributed by atoms with E-state index in [0.717, 1.165) is 16.2 Å². The Kier molecular flexibility index (Phi) is 4.96. The van der Waals surface area contributed by atoms with Crippen molar-refractivity contribution in [3.63, 3.8) is 0 Å². The Morgan fingerprint density at radius 3 is 2.48 bits per heavy atom. The molecule has 2 aromatic rings. The smallest absolute Gasteiger partial charge is 0.176 e. The van der Waals surface area contributed by atoms with E-state index in [1.54, 1.807) is 19.2 Å². The summed E-state index contributed by atoms with van der Waals surface area (Å²) in [4.78, 5) is 1.15. The lowest BCUT2D eigenvalue weighted by molar-refractivity contribution is 0.414. The van der Waals surface area contributed by atoms with Crippen LogP contribution in [0.3, 0.4) is 0 Å². The van der Waals surface area contributed by atoms with Crippen LogP contribution < -0.4 is 4.74 Å². The standard InChI is InChI=1S/C16H18O3S2/c1-12(13-7-6-8-14(11-13)19-2)20-15-9-4-5-10-16(15)21(3,17)18/h4-12H,1-3H3/t12-/m1/s1. The maximum Gasteiger partial charge on any atom is 0.176 e. The third-order valence-corrected chi connectivity index (χ3v) is 5.64. The molecule has 0 fully saturated rings. The van der Waals surface area contributed by atoms with E-state index in [2.05, 4.69) is 6.92 Å². The van der Waals surface area contributed by atoms with Gasteiger partial charge in [-0.2, -0.15) is 0 Å². The minimum atomic E-state index is -3.22. The molecule has 0 aromatic heterocycles. The third kappa shape index (κ3) is 4.02. The van der Waals surface area contributed by atoms with Crippen molar-refractivity contribution in [3.05, 3.63) is 54.1 Å². The molecule has 0 spiro atoms. The largest absolute Gasteiger partial charge is 0.497 e. The number of thioether (sulfide) groups is 1. The van der Waals surface area contributed by atoms with Gasteiger partial charge in [0, 0.05) is 16.4 Å². The predicted octanol–water partition coefficient (Wildman–Crippen LogP) is 3.95. The van der Waals surface area contributed by atoms with Gasteiger partial charge in [0.1, 0.15) is 5.75 Å². The van der Waals surface area contributed by atoms with Crippen molar-refractivity contribution in [1.29, 1.82) is 0 Å². The summed E-state index contributed by atoms with van der Waals surface area (Å²) in [5.41, 5.74) is 1.10. The Bertz CT molecular complexity index is 724. The van der Waals surface area contributed by atoms with E-state index in [9.17, 15) is 8.42 Å². The number of hydrogen-bond acceptors (Lipinski definition) is 4. The Morgan fingerprint density at radius 1 is 1.10 bits per heavy atom. The molecule has 2 aromatic carbocycles. The minimum Gasteiger partial charge on any atom is -0.497 e. The second kappa shape index (κ2) is 6.54. The quantitative estimate of drug-likeness (QED) is 0.782. The van der Waals surface area contributed by atoms with E-state index >= 15 is 0 Å². The topological polar surface area (TPSA) is 43.4 Å². The molecule has 0 unspecified atom stereocenters. The Labute approximate surface area is 130 Å². The highest BCUT2D eigenvalue weighted by Gasteiger charge is 2.16. The van der Waals surface area contributed by atoms with E-state index in [0.29, 0.717) is 4.90 Å². The first-order chi connectivity index (χ1) is 9.91. The van der Waals surface area contributed by atoms with Crippen LogP contribution in [0.4, 0.5) is 0 Å². The number of methoxy groups -OCH3 is 1. The van der Waals surface area contributed by atoms with Crippen LogP contribution in [0.25, 0.3) is 0 Å². The van der Waals surface area contributed by atoms with Gasteiger partial charge in [-0.15, -0.1) is 11.8 Å². The molecule has 0 aliphatic rings. The normalized spacial score (nSPS) is 12.9. The van der Waals surface area contributed by atoms with Crippen LogP contribution >= 0.6 is 11.8 Å². The van der Waals surface area contributed by atoms with E-state index in [1.807, 2.05) is 36.4 Å². The Balaban J connectivity index is 2.30. The van der Waals surface area contributed by atoms with E-state index in [4.69, 9.17) is 4.74 Å². The van der Waals surface area contributed by atoms with Gasteiger partial charge in [0.2, 0.25) is 0 Å². The van der Waals surface area contributed by atoms with Crippen molar-refractivity contribution in [2.24, 2.45) is 0 Å². The maximum atomic E-state index is 11.8. The fourth-order valence-electron chi connectivity index (χ4n) is 2.01. The Hall–Kier alpha value is -1.46. The molecule has 5 heteroatoms. The van der Waals surface area contributed by atoms with Crippen LogP contribution in [0.2, 0.25) is 0 Å². The third-order valence-electron chi connectivity index (χ3n) is 3.12. The lowest BCUT2D eigenvalue weighted by Gasteiger charge is -2.14. The number of benzene rings is 2. The van der Waals surface area contributed by atoms with Gasteiger partial charge in [-0.05, 0) is 36.8 Å². The highest BCUT2D eigenvalue weighted by Crippen LogP contribution is 2.38. The highest BCUT2D eigenvalue weighted by atomic mass is 32.2. The number of hydrogen-bond donors (Lipinski definition) is 0. The lowest BCUT2D eigenvalue weighted by Crippen LogP contribution is -2.00. The summed E-state index contributed by atoms with van der Waals surface area (Å²) in [7, 11) is -1.58. The molecular weight excluding hydrogens is 304 g/mol. The SMILES string of the molecule is COc1cccc([C@@H](C)Sc2ccccc2S(C)(=O)=O)c1. The van der Waals surface area contributed by atoms with Gasteiger partial charge >= 0.3 is 0 Å².